The molecule has 5 nitrogen and oxygen atoms in total. The second-order valence-electron chi connectivity index (χ2n) is 6.89. The first-order valence-corrected chi connectivity index (χ1v) is 8.84. The van der Waals surface area contributed by atoms with Crippen LogP contribution in [-0.2, 0) is 24.5 Å². The number of hydrogen-bond donors (Lipinski definition) is 0. The maximum absolute atomic E-state index is 13.5. The number of benzene rings is 1. The number of ether oxygens (including phenoxy) is 3. The van der Waals surface area contributed by atoms with Gasteiger partial charge in [0.05, 0.1) is 12.2 Å². The SMILES string of the molecule is CCOC(=O)C1=Cc2cc(Cl)c(C(C)(C)COC(C)=O)cc2OC1C(F)(F)F. The van der Waals surface area contributed by atoms with E-state index in [1.54, 1.807) is 13.8 Å². The molecule has 0 spiro atoms. The third-order valence-electron chi connectivity index (χ3n) is 4.11. The fourth-order valence-electron chi connectivity index (χ4n) is 2.72. The van der Waals surface area contributed by atoms with Gasteiger partial charge in [-0.05, 0) is 30.7 Å². The summed E-state index contributed by atoms with van der Waals surface area (Å²) in [6, 6.07) is 2.78. The number of hydrogen-bond acceptors (Lipinski definition) is 5. The number of esters is 2. The number of alkyl halides is 3. The predicted octanol–water partition coefficient (Wildman–Crippen LogP) is 4.45. The smallest absolute Gasteiger partial charge is 0.430 e. The van der Waals surface area contributed by atoms with Crippen molar-refractivity contribution >= 4 is 29.6 Å². The summed E-state index contributed by atoms with van der Waals surface area (Å²) in [4.78, 5) is 23.1. The minimum atomic E-state index is -4.82. The van der Waals surface area contributed by atoms with Gasteiger partial charge < -0.3 is 14.2 Å². The lowest BCUT2D eigenvalue weighted by Crippen LogP contribution is -2.41. The van der Waals surface area contributed by atoms with Crippen molar-refractivity contribution in [2.45, 2.75) is 45.4 Å². The fraction of sp³-hybridized carbons (Fsp3) is 0.474. The highest BCUT2D eigenvalue weighted by atomic mass is 35.5. The second kappa shape index (κ2) is 8.03. The van der Waals surface area contributed by atoms with Crippen LogP contribution in [0.2, 0.25) is 5.02 Å². The molecule has 0 saturated heterocycles. The number of rotatable bonds is 5. The van der Waals surface area contributed by atoms with Crippen LogP contribution >= 0.6 is 11.6 Å². The van der Waals surface area contributed by atoms with E-state index in [1.165, 1.54) is 26.0 Å². The van der Waals surface area contributed by atoms with Crippen LogP contribution in [0.25, 0.3) is 6.08 Å². The van der Waals surface area contributed by atoms with Crippen LogP contribution in [-0.4, -0.2) is 37.4 Å². The molecule has 1 aromatic rings. The lowest BCUT2D eigenvalue weighted by Gasteiger charge is -2.31. The topological polar surface area (TPSA) is 61.8 Å². The van der Waals surface area contributed by atoms with Crippen molar-refractivity contribution in [3.05, 3.63) is 33.9 Å². The van der Waals surface area contributed by atoms with Gasteiger partial charge in [-0.1, -0.05) is 25.4 Å². The second-order valence-corrected chi connectivity index (χ2v) is 7.30. The van der Waals surface area contributed by atoms with Crippen LogP contribution in [0.15, 0.2) is 17.7 Å². The van der Waals surface area contributed by atoms with Crippen LogP contribution in [0, 0.1) is 0 Å². The highest BCUT2D eigenvalue weighted by Crippen LogP contribution is 2.42. The van der Waals surface area contributed by atoms with Gasteiger partial charge in [-0.25, -0.2) is 4.79 Å². The molecule has 1 atom stereocenters. The number of fused-ring (bicyclic) bond motifs is 1. The summed E-state index contributed by atoms with van der Waals surface area (Å²) in [5, 5.41) is 0.240. The molecule has 0 N–H and O–H groups in total. The molecule has 1 unspecified atom stereocenters. The third-order valence-corrected chi connectivity index (χ3v) is 4.42. The Morgan fingerprint density at radius 3 is 2.39 bits per heavy atom. The van der Waals surface area contributed by atoms with E-state index in [1.807, 2.05) is 0 Å². The first-order valence-electron chi connectivity index (χ1n) is 8.46. The predicted molar refractivity (Wildman–Crippen MR) is 96.2 cm³/mol. The Hall–Kier alpha value is -2.22. The van der Waals surface area contributed by atoms with Crippen LogP contribution in [0.5, 0.6) is 5.75 Å². The van der Waals surface area contributed by atoms with Crippen molar-refractivity contribution in [1.82, 2.24) is 0 Å². The maximum Gasteiger partial charge on any atom is 0.430 e. The highest BCUT2D eigenvalue weighted by molar-refractivity contribution is 6.31. The van der Waals surface area contributed by atoms with E-state index >= 15 is 0 Å². The molecule has 154 valence electrons. The largest absolute Gasteiger partial charge is 0.475 e. The average Bonchev–Trinajstić information content (AvgIpc) is 2.57. The Balaban J connectivity index is 2.51. The summed E-state index contributed by atoms with van der Waals surface area (Å²) in [5.74, 6) is -1.67. The van der Waals surface area contributed by atoms with Crippen molar-refractivity contribution in [3.63, 3.8) is 0 Å². The van der Waals surface area contributed by atoms with Gasteiger partial charge in [0.15, 0.2) is 0 Å². The Morgan fingerprint density at radius 2 is 1.86 bits per heavy atom. The zero-order chi connectivity index (χ0) is 21.3. The molecule has 0 fully saturated rings. The van der Waals surface area contributed by atoms with Crippen molar-refractivity contribution < 1.29 is 37.0 Å². The fourth-order valence-corrected chi connectivity index (χ4v) is 3.15. The number of carbonyl (C=O) groups excluding carboxylic acids is 2. The van der Waals surface area contributed by atoms with Gasteiger partial charge in [-0.2, -0.15) is 13.2 Å². The summed E-state index contributed by atoms with van der Waals surface area (Å²) >= 11 is 6.31. The molecule has 1 aliphatic heterocycles. The minimum Gasteiger partial charge on any atom is -0.475 e. The molecule has 0 aromatic heterocycles. The van der Waals surface area contributed by atoms with Crippen molar-refractivity contribution in [1.29, 1.82) is 0 Å². The van der Waals surface area contributed by atoms with Gasteiger partial charge in [0.1, 0.15) is 12.4 Å². The zero-order valence-corrected chi connectivity index (χ0v) is 16.5. The van der Waals surface area contributed by atoms with Gasteiger partial charge in [0.2, 0.25) is 6.10 Å². The van der Waals surface area contributed by atoms with E-state index < -0.39 is 35.2 Å². The molecule has 0 bridgehead atoms. The number of halogens is 4. The van der Waals surface area contributed by atoms with E-state index in [-0.39, 0.29) is 29.5 Å². The molecular weight excluding hydrogens is 401 g/mol. The van der Waals surface area contributed by atoms with E-state index in [4.69, 9.17) is 25.8 Å². The van der Waals surface area contributed by atoms with Crippen LogP contribution < -0.4 is 4.74 Å². The Bertz CT molecular complexity index is 815. The molecule has 1 aromatic carbocycles. The third kappa shape index (κ3) is 4.79. The lowest BCUT2D eigenvalue weighted by atomic mass is 9.84. The first kappa shape index (κ1) is 22.1. The molecule has 0 radical (unpaired) electrons. The Labute approximate surface area is 165 Å². The van der Waals surface area contributed by atoms with Crippen LogP contribution in [0.4, 0.5) is 13.2 Å². The van der Waals surface area contributed by atoms with Gasteiger partial charge in [-0.15, -0.1) is 0 Å². The average molecular weight is 421 g/mol. The quantitative estimate of drug-likeness (QED) is 0.658. The van der Waals surface area contributed by atoms with Gasteiger partial charge in [0.25, 0.3) is 0 Å². The van der Waals surface area contributed by atoms with Crippen molar-refractivity contribution in [2.24, 2.45) is 0 Å². The summed E-state index contributed by atoms with van der Waals surface area (Å²) in [5.41, 5.74) is -0.756. The minimum absolute atomic E-state index is 0.0204. The van der Waals surface area contributed by atoms with E-state index in [0.29, 0.717) is 5.56 Å². The molecule has 28 heavy (non-hydrogen) atoms. The Kier molecular flexibility index (Phi) is 6.33. The molecule has 0 aliphatic carbocycles. The van der Waals surface area contributed by atoms with E-state index in [0.717, 1.165) is 6.08 Å². The molecule has 1 aliphatic rings. The van der Waals surface area contributed by atoms with Gasteiger partial charge >= 0.3 is 18.1 Å². The summed E-state index contributed by atoms with van der Waals surface area (Å²) in [7, 11) is 0. The van der Waals surface area contributed by atoms with E-state index in [2.05, 4.69) is 0 Å². The monoisotopic (exact) mass is 420 g/mol. The highest BCUT2D eigenvalue weighted by Gasteiger charge is 2.49. The molecule has 0 amide bonds. The normalized spacial score (nSPS) is 16.6. The van der Waals surface area contributed by atoms with Gasteiger partial charge in [-0.3, -0.25) is 4.79 Å². The summed E-state index contributed by atoms with van der Waals surface area (Å²) in [6.07, 6.45) is -6.20. The number of carbonyl (C=O) groups is 2. The molecule has 1 heterocycles. The Morgan fingerprint density at radius 1 is 1.21 bits per heavy atom. The zero-order valence-electron chi connectivity index (χ0n) is 15.8. The standard InChI is InChI=1S/C19H20ClF3O5/c1-5-26-17(25)12-6-11-7-14(20)13(18(3,4)9-27-10(2)24)8-15(11)28-16(12)19(21,22)23/h6-8,16H,5,9H2,1-4H3. The molecular formula is C19H20ClF3O5. The molecule has 0 saturated carbocycles. The first-order chi connectivity index (χ1) is 12.9. The van der Waals surface area contributed by atoms with Crippen molar-refractivity contribution in [2.75, 3.05) is 13.2 Å². The lowest BCUT2D eigenvalue weighted by molar-refractivity contribution is -0.187. The molecule has 2 rings (SSSR count). The summed E-state index contributed by atoms with van der Waals surface area (Å²) in [6.45, 7) is 6.11. The summed E-state index contributed by atoms with van der Waals surface area (Å²) < 4.78 is 55.2. The maximum atomic E-state index is 13.5. The molecule has 9 heteroatoms. The van der Waals surface area contributed by atoms with Crippen LogP contribution in [0.1, 0.15) is 38.8 Å². The van der Waals surface area contributed by atoms with Crippen LogP contribution in [0.3, 0.4) is 0 Å². The van der Waals surface area contributed by atoms with E-state index in [9.17, 15) is 22.8 Å². The van der Waals surface area contributed by atoms with Gasteiger partial charge in [0, 0.05) is 22.9 Å². The van der Waals surface area contributed by atoms with Crippen molar-refractivity contribution in [3.8, 4) is 5.75 Å².